The van der Waals surface area contributed by atoms with Crippen LogP contribution < -0.4 is 5.73 Å². The van der Waals surface area contributed by atoms with Crippen molar-refractivity contribution in [2.24, 2.45) is 16.8 Å². The van der Waals surface area contributed by atoms with Crippen LogP contribution in [0.2, 0.25) is 0 Å². The normalized spacial score (nSPS) is 17.4. The second kappa shape index (κ2) is 6.41. The average Bonchev–Trinajstić information content (AvgIpc) is 2.43. The Labute approximate surface area is 119 Å². The molecule has 0 aliphatic heterocycles. The highest BCUT2D eigenvalue weighted by atomic mass is 16.4. The number of carbonyl (C=O) groups is 1. The molecule has 108 valence electrons. The molecule has 0 aromatic heterocycles. The number of nitrogens with zero attached hydrogens (tertiary/aromatic N) is 2. The van der Waals surface area contributed by atoms with Crippen LogP contribution in [0, 0.1) is 5.92 Å². The maximum atomic E-state index is 12.6. The van der Waals surface area contributed by atoms with Gasteiger partial charge in [-0.05, 0) is 24.3 Å². The van der Waals surface area contributed by atoms with Crippen LogP contribution in [0.4, 0.5) is 0 Å². The van der Waals surface area contributed by atoms with Gasteiger partial charge in [0.1, 0.15) is 5.92 Å². The van der Waals surface area contributed by atoms with Crippen LogP contribution in [0.5, 0.6) is 0 Å². The third-order valence-electron chi connectivity index (χ3n) is 3.92. The Kier molecular flexibility index (Phi) is 4.61. The molecule has 1 aliphatic carbocycles. The van der Waals surface area contributed by atoms with Gasteiger partial charge in [0, 0.05) is 13.6 Å². The van der Waals surface area contributed by atoms with E-state index in [4.69, 9.17) is 10.9 Å². The van der Waals surface area contributed by atoms with Crippen molar-refractivity contribution in [3.05, 3.63) is 35.9 Å². The average molecular weight is 275 g/mol. The van der Waals surface area contributed by atoms with E-state index in [0.29, 0.717) is 5.92 Å². The van der Waals surface area contributed by atoms with Crippen molar-refractivity contribution in [3.8, 4) is 0 Å². The second-order valence-corrected chi connectivity index (χ2v) is 5.38. The number of oxime groups is 1. The molecule has 0 radical (unpaired) electrons. The Morgan fingerprint density at radius 3 is 2.60 bits per heavy atom. The van der Waals surface area contributed by atoms with Crippen LogP contribution in [-0.2, 0) is 4.79 Å². The van der Waals surface area contributed by atoms with Gasteiger partial charge in [-0.15, -0.1) is 0 Å². The fourth-order valence-corrected chi connectivity index (χ4v) is 2.52. The molecule has 5 nitrogen and oxygen atoms in total. The standard InChI is InChI=1S/C15H21N3O2/c1-18(10-11-6-5-7-11)15(19)13(14(16)17-20)12-8-3-2-4-9-12/h2-4,8-9,11,13,20H,5-7,10H2,1H3,(H2,16,17). The summed E-state index contributed by atoms with van der Waals surface area (Å²) in [5, 5.41) is 12.0. The van der Waals surface area contributed by atoms with Gasteiger partial charge >= 0.3 is 0 Å². The second-order valence-electron chi connectivity index (χ2n) is 5.38. The Bertz CT molecular complexity index is 483. The number of amidine groups is 1. The molecule has 5 heteroatoms. The van der Waals surface area contributed by atoms with Crippen molar-refractivity contribution < 1.29 is 10.0 Å². The highest BCUT2D eigenvalue weighted by Crippen LogP contribution is 2.28. The first-order valence-corrected chi connectivity index (χ1v) is 6.90. The molecule has 0 heterocycles. The number of benzene rings is 1. The molecule has 0 spiro atoms. The summed E-state index contributed by atoms with van der Waals surface area (Å²) in [6.45, 7) is 0.737. The predicted molar refractivity (Wildman–Crippen MR) is 77.6 cm³/mol. The quantitative estimate of drug-likeness (QED) is 0.372. The van der Waals surface area contributed by atoms with Gasteiger partial charge in [-0.25, -0.2) is 0 Å². The molecule has 1 fully saturated rings. The molecular weight excluding hydrogens is 254 g/mol. The number of carbonyl (C=O) groups excluding carboxylic acids is 1. The number of rotatable bonds is 5. The first kappa shape index (κ1) is 14.4. The molecule has 1 aromatic carbocycles. The molecule has 0 bridgehead atoms. The molecule has 1 amide bonds. The van der Waals surface area contributed by atoms with Crippen molar-refractivity contribution in [1.29, 1.82) is 0 Å². The zero-order valence-corrected chi connectivity index (χ0v) is 11.7. The van der Waals surface area contributed by atoms with Crippen molar-refractivity contribution in [2.45, 2.75) is 25.2 Å². The molecule has 20 heavy (non-hydrogen) atoms. The van der Waals surface area contributed by atoms with Crippen LogP contribution in [0.15, 0.2) is 35.5 Å². The zero-order valence-electron chi connectivity index (χ0n) is 11.7. The van der Waals surface area contributed by atoms with Gasteiger partial charge in [-0.1, -0.05) is 41.9 Å². The van der Waals surface area contributed by atoms with E-state index < -0.39 is 5.92 Å². The fraction of sp³-hybridized carbons (Fsp3) is 0.467. The van der Waals surface area contributed by atoms with Crippen LogP contribution in [-0.4, -0.2) is 35.4 Å². The van der Waals surface area contributed by atoms with Gasteiger partial charge in [0.2, 0.25) is 5.91 Å². The SMILES string of the molecule is CN(CC1CCC1)C(=O)C(C(N)=NO)c1ccccc1. The number of nitrogens with two attached hydrogens (primary N) is 1. The summed E-state index contributed by atoms with van der Waals surface area (Å²) in [5.41, 5.74) is 6.46. The van der Waals surface area contributed by atoms with Gasteiger partial charge in [0.05, 0.1) is 0 Å². The highest BCUT2D eigenvalue weighted by Gasteiger charge is 2.30. The summed E-state index contributed by atoms with van der Waals surface area (Å²) >= 11 is 0. The molecule has 1 unspecified atom stereocenters. The Morgan fingerprint density at radius 2 is 2.10 bits per heavy atom. The third-order valence-corrected chi connectivity index (χ3v) is 3.92. The lowest BCUT2D eigenvalue weighted by molar-refractivity contribution is -0.130. The summed E-state index contributed by atoms with van der Waals surface area (Å²) in [7, 11) is 1.78. The summed E-state index contributed by atoms with van der Waals surface area (Å²) in [6.07, 6.45) is 3.60. The molecule has 1 aromatic rings. The van der Waals surface area contributed by atoms with Crippen molar-refractivity contribution >= 4 is 11.7 Å². The van der Waals surface area contributed by atoms with E-state index in [-0.39, 0.29) is 11.7 Å². The molecule has 0 saturated heterocycles. The van der Waals surface area contributed by atoms with E-state index in [1.54, 1.807) is 11.9 Å². The van der Waals surface area contributed by atoms with E-state index >= 15 is 0 Å². The Balaban J connectivity index is 2.15. The van der Waals surface area contributed by atoms with Crippen molar-refractivity contribution in [3.63, 3.8) is 0 Å². The summed E-state index contributed by atoms with van der Waals surface area (Å²) in [5.74, 6) is -0.320. The molecule has 1 saturated carbocycles. The first-order chi connectivity index (χ1) is 9.63. The zero-order chi connectivity index (χ0) is 14.5. The summed E-state index contributed by atoms with van der Waals surface area (Å²) < 4.78 is 0. The maximum absolute atomic E-state index is 12.6. The minimum absolute atomic E-state index is 0.0679. The van der Waals surface area contributed by atoms with Crippen LogP contribution in [0.3, 0.4) is 0 Å². The minimum atomic E-state index is -0.716. The van der Waals surface area contributed by atoms with Crippen LogP contribution >= 0.6 is 0 Å². The number of hydrogen-bond acceptors (Lipinski definition) is 3. The van der Waals surface area contributed by atoms with Gasteiger partial charge in [0.25, 0.3) is 0 Å². The number of hydrogen-bond donors (Lipinski definition) is 2. The lowest BCUT2D eigenvalue weighted by atomic mass is 9.85. The van der Waals surface area contributed by atoms with Crippen LogP contribution in [0.1, 0.15) is 30.7 Å². The van der Waals surface area contributed by atoms with Gasteiger partial charge in [0.15, 0.2) is 5.84 Å². The number of likely N-dealkylation sites (N-methyl/N-ethyl adjacent to an activating group) is 1. The topological polar surface area (TPSA) is 78.9 Å². The van der Waals surface area contributed by atoms with Crippen molar-refractivity contribution in [2.75, 3.05) is 13.6 Å². The van der Waals surface area contributed by atoms with Gasteiger partial charge in [-0.2, -0.15) is 0 Å². The lowest BCUT2D eigenvalue weighted by Gasteiger charge is -2.31. The first-order valence-electron chi connectivity index (χ1n) is 6.90. The minimum Gasteiger partial charge on any atom is -0.409 e. The predicted octanol–water partition coefficient (Wildman–Crippen LogP) is 1.78. The van der Waals surface area contributed by atoms with Crippen LogP contribution in [0.25, 0.3) is 0 Å². The monoisotopic (exact) mass is 275 g/mol. The summed E-state index contributed by atoms with van der Waals surface area (Å²) in [4.78, 5) is 14.3. The van der Waals surface area contributed by atoms with Gasteiger partial charge in [-0.3, -0.25) is 4.79 Å². The van der Waals surface area contributed by atoms with E-state index in [1.165, 1.54) is 19.3 Å². The maximum Gasteiger partial charge on any atom is 0.237 e. The molecule has 1 atom stereocenters. The fourth-order valence-electron chi connectivity index (χ4n) is 2.52. The molecule has 3 N–H and O–H groups in total. The molecule has 1 aliphatic rings. The Hall–Kier alpha value is -2.04. The molecule has 2 rings (SSSR count). The lowest BCUT2D eigenvalue weighted by Crippen LogP contribution is -2.41. The molecular formula is C15H21N3O2. The van der Waals surface area contributed by atoms with E-state index in [0.717, 1.165) is 12.1 Å². The largest absolute Gasteiger partial charge is 0.409 e. The van der Waals surface area contributed by atoms with Gasteiger partial charge < -0.3 is 15.8 Å². The van der Waals surface area contributed by atoms with E-state index in [1.807, 2.05) is 30.3 Å². The van der Waals surface area contributed by atoms with E-state index in [9.17, 15) is 4.79 Å². The Morgan fingerprint density at radius 1 is 1.45 bits per heavy atom. The number of amides is 1. The van der Waals surface area contributed by atoms with Crippen molar-refractivity contribution in [1.82, 2.24) is 4.90 Å². The third kappa shape index (κ3) is 3.10. The van der Waals surface area contributed by atoms with E-state index in [2.05, 4.69) is 5.16 Å². The summed E-state index contributed by atoms with van der Waals surface area (Å²) in [6, 6.07) is 9.18. The highest BCUT2D eigenvalue weighted by molar-refractivity contribution is 6.07. The smallest absolute Gasteiger partial charge is 0.237 e.